The SMILES string of the molecule is CC(C)NCC(C)(O)C12CC3CC(CC(C3)C1)C2. The molecule has 2 heteroatoms. The molecule has 104 valence electrons. The van der Waals surface area contributed by atoms with E-state index in [0.717, 1.165) is 24.3 Å². The molecule has 0 saturated heterocycles. The summed E-state index contributed by atoms with van der Waals surface area (Å²) in [5.41, 5.74) is -0.295. The van der Waals surface area contributed by atoms with Crippen LogP contribution in [0.3, 0.4) is 0 Å². The number of hydrogen-bond acceptors (Lipinski definition) is 2. The molecule has 4 bridgehead atoms. The van der Waals surface area contributed by atoms with Crippen molar-refractivity contribution in [3.63, 3.8) is 0 Å². The highest BCUT2D eigenvalue weighted by atomic mass is 16.3. The monoisotopic (exact) mass is 251 g/mol. The molecule has 0 aromatic carbocycles. The lowest BCUT2D eigenvalue weighted by atomic mass is 9.45. The summed E-state index contributed by atoms with van der Waals surface area (Å²) in [7, 11) is 0. The molecule has 0 aromatic rings. The summed E-state index contributed by atoms with van der Waals surface area (Å²) in [6.45, 7) is 7.18. The summed E-state index contributed by atoms with van der Waals surface area (Å²) >= 11 is 0. The molecule has 0 aromatic heterocycles. The molecule has 1 unspecified atom stereocenters. The largest absolute Gasteiger partial charge is 0.388 e. The zero-order valence-electron chi connectivity index (χ0n) is 12.2. The van der Waals surface area contributed by atoms with Gasteiger partial charge in [0.05, 0.1) is 5.60 Å². The summed E-state index contributed by atoms with van der Waals surface area (Å²) in [4.78, 5) is 0. The Kier molecular flexibility index (Phi) is 3.02. The predicted octanol–water partition coefficient (Wildman–Crippen LogP) is 2.95. The van der Waals surface area contributed by atoms with E-state index in [1.807, 2.05) is 0 Å². The second-order valence-corrected chi connectivity index (χ2v) is 8.01. The summed E-state index contributed by atoms with van der Waals surface area (Å²) in [5, 5.41) is 14.5. The van der Waals surface area contributed by atoms with Gasteiger partial charge in [0.2, 0.25) is 0 Å². The van der Waals surface area contributed by atoms with Gasteiger partial charge in [-0.15, -0.1) is 0 Å². The number of aliphatic hydroxyl groups is 1. The minimum absolute atomic E-state index is 0.226. The number of hydrogen-bond donors (Lipinski definition) is 2. The zero-order valence-corrected chi connectivity index (χ0v) is 12.2. The van der Waals surface area contributed by atoms with E-state index in [1.54, 1.807) is 0 Å². The Morgan fingerprint density at radius 2 is 1.56 bits per heavy atom. The van der Waals surface area contributed by atoms with Crippen LogP contribution in [0.4, 0.5) is 0 Å². The van der Waals surface area contributed by atoms with Gasteiger partial charge < -0.3 is 10.4 Å². The smallest absolute Gasteiger partial charge is 0.0799 e. The summed E-state index contributed by atoms with van der Waals surface area (Å²) in [5.74, 6) is 2.75. The molecule has 0 heterocycles. The maximum absolute atomic E-state index is 11.1. The normalized spacial score (nSPS) is 45.5. The van der Waals surface area contributed by atoms with Crippen molar-refractivity contribution in [1.82, 2.24) is 5.32 Å². The highest BCUT2D eigenvalue weighted by Crippen LogP contribution is 2.63. The topological polar surface area (TPSA) is 32.3 Å². The van der Waals surface area contributed by atoms with Gasteiger partial charge in [0, 0.05) is 18.0 Å². The molecule has 0 amide bonds. The summed E-state index contributed by atoms with van der Waals surface area (Å²) in [6.07, 6.45) is 8.20. The van der Waals surface area contributed by atoms with Crippen molar-refractivity contribution in [3.05, 3.63) is 0 Å². The first-order chi connectivity index (χ1) is 8.40. The average Bonchev–Trinajstić information content (AvgIpc) is 2.24. The fourth-order valence-corrected chi connectivity index (χ4v) is 5.36. The second kappa shape index (κ2) is 4.21. The van der Waals surface area contributed by atoms with Gasteiger partial charge in [-0.1, -0.05) is 13.8 Å². The molecule has 4 aliphatic rings. The molecule has 0 spiro atoms. The van der Waals surface area contributed by atoms with Crippen molar-refractivity contribution in [2.24, 2.45) is 23.2 Å². The zero-order chi connectivity index (χ0) is 13.0. The van der Waals surface area contributed by atoms with Crippen molar-refractivity contribution in [2.45, 2.75) is 70.9 Å². The number of nitrogens with one attached hydrogen (secondary N) is 1. The third kappa shape index (κ3) is 2.02. The minimum Gasteiger partial charge on any atom is -0.388 e. The average molecular weight is 251 g/mol. The lowest BCUT2D eigenvalue weighted by Gasteiger charge is -2.61. The van der Waals surface area contributed by atoms with Gasteiger partial charge in [0.25, 0.3) is 0 Å². The van der Waals surface area contributed by atoms with E-state index >= 15 is 0 Å². The molecule has 1 atom stereocenters. The van der Waals surface area contributed by atoms with Crippen molar-refractivity contribution in [1.29, 1.82) is 0 Å². The van der Waals surface area contributed by atoms with E-state index in [1.165, 1.54) is 38.5 Å². The minimum atomic E-state index is -0.521. The molecule has 4 aliphatic carbocycles. The van der Waals surface area contributed by atoms with Gasteiger partial charge in [-0.2, -0.15) is 0 Å². The highest BCUT2D eigenvalue weighted by Gasteiger charge is 2.58. The lowest BCUT2D eigenvalue weighted by molar-refractivity contribution is -0.169. The molecule has 4 rings (SSSR count). The van der Waals surface area contributed by atoms with Crippen LogP contribution >= 0.6 is 0 Å². The van der Waals surface area contributed by atoms with Crippen LogP contribution in [0.5, 0.6) is 0 Å². The molecule has 18 heavy (non-hydrogen) atoms. The lowest BCUT2D eigenvalue weighted by Crippen LogP contribution is -2.60. The van der Waals surface area contributed by atoms with Crippen LogP contribution in [0.1, 0.15) is 59.3 Å². The predicted molar refractivity (Wildman–Crippen MR) is 74.4 cm³/mol. The van der Waals surface area contributed by atoms with Gasteiger partial charge in [-0.05, 0) is 63.2 Å². The fourth-order valence-electron chi connectivity index (χ4n) is 5.36. The van der Waals surface area contributed by atoms with Gasteiger partial charge in [0.1, 0.15) is 0 Å². The highest BCUT2D eigenvalue weighted by molar-refractivity contribution is 5.09. The van der Waals surface area contributed by atoms with Crippen molar-refractivity contribution >= 4 is 0 Å². The Hall–Kier alpha value is -0.0800. The van der Waals surface area contributed by atoms with Crippen LogP contribution < -0.4 is 5.32 Å². The first-order valence-corrected chi connectivity index (χ1v) is 7.86. The van der Waals surface area contributed by atoms with Gasteiger partial charge in [0.15, 0.2) is 0 Å². The van der Waals surface area contributed by atoms with E-state index in [9.17, 15) is 5.11 Å². The van der Waals surface area contributed by atoms with Crippen molar-refractivity contribution in [3.8, 4) is 0 Å². The summed E-state index contributed by atoms with van der Waals surface area (Å²) < 4.78 is 0. The Labute approximate surface area is 112 Å². The van der Waals surface area contributed by atoms with Gasteiger partial charge in [-0.25, -0.2) is 0 Å². The number of rotatable bonds is 4. The first kappa shape index (κ1) is 12.9. The Morgan fingerprint density at radius 1 is 1.11 bits per heavy atom. The Balaban J connectivity index is 1.77. The Bertz CT molecular complexity index is 286. The molecule has 0 aliphatic heterocycles. The summed E-state index contributed by atoms with van der Waals surface area (Å²) in [6, 6.07) is 0.463. The standard InChI is InChI=1S/C16H29NO/c1-11(2)17-10-15(3,18)16-7-12-4-13(8-16)6-14(5-12)9-16/h11-14,17-18H,4-10H2,1-3H3. The molecule has 2 N–H and O–H groups in total. The quantitative estimate of drug-likeness (QED) is 0.805. The van der Waals surface area contributed by atoms with Crippen LogP contribution in [-0.2, 0) is 0 Å². The molecule has 2 nitrogen and oxygen atoms in total. The van der Waals surface area contributed by atoms with Gasteiger partial charge >= 0.3 is 0 Å². The van der Waals surface area contributed by atoms with Crippen LogP contribution in [0.15, 0.2) is 0 Å². The van der Waals surface area contributed by atoms with E-state index in [4.69, 9.17) is 0 Å². The molecule has 4 fully saturated rings. The van der Waals surface area contributed by atoms with E-state index in [-0.39, 0.29) is 5.41 Å². The Morgan fingerprint density at radius 3 is 1.94 bits per heavy atom. The first-order valence-electron chi connectivity index (χ1n) is 7.86. The molecular weight excluding hydrogens is 222 g/mol. The van der Waals surface area contributed by atoms with Gasteiger partial charge in [-0.3, -0.25) is 0 Å². The van der Waals surface area contributed by atoms with E-state index in [2.05, 4.69) is 26.1 Å². The second-order valence-electron chi connectivity index (χ2n) is 8.01. The molecular formula is C16H29NO. The maximum Gasteiger partial charge on any atom is 0.0799 e. The van der Waals surface area contributed by atoms with Crippen molar-refractivity contribution in [2.75, 3.05) is 6.54 Å². The maximum atomic E-state index is 11.1. The molecule has 0 radical (unpaired) electrons. The van der Waals surface area contributed by atoms with E-state index in [0.29, 0.717) is 6.04 Å². The van der Waals surface area contributed by atoms with Crippen LogP contribution in [-0.4, -0.2) is 23.3 Å². The van der Waals surface area contributed by atoms with E-state index < -0.39 is 5.60 Å². The van der Waals surface area contributed by atoms with Crippen molar-refractivity contribution < 1.29 is 5.11 Å². The third-order valence-corrected chi connectivity index (χ3v) is 6.04. The van der Waals surface area contributed by atoms with Crippen LogP contribution in [0, 0.1) is 23.2 Å². The molecule has 4 saturated carbocycles. The fraction of sp³-hybridized carbons (Fsp3) is 1.00. The third-order valence-electron chi connectivity index (χ3n) is 6.04. The van der Waals surface area contributed by atoms with Crippen LogP contribution in [0.2, 0.25) is 0 Å². The van der Waals surface area contributed by atoms with Crippen LogP contribution in [0.25, 0.3) is 0 Å².